The summed E-state index contributed by atoms with van der Waals surface area (Å²) in [5, 5.41) is 18.6. The van der Waals surface area contributed by atoms with Crippen LogP contribution in [0.4, 0.5) is 0 Å². The number of rotatable bonds is 4. The average molecular weight is 167 g/mol. The van der Waals surface area contributed by atoms with Gasteiger partial charge in [-0.2, -0.15) is 0 Å². The van der Waals surface area contributed by atoms with E-state index < -0.39 is 6.29 Å². The highest BCUT2D eigenvalue weighted by Crippen LogP contribution is 2.08. The van der Waals surface area contributed by atoms with Crippen molar-refractivity contribution >= 4 is 0 Å². The third-order valence-corrected chi connectivity index (χ3v) is 1.38. The smallest absolute Gasteiger partial charge is 0.192 e. The Kier molecular flexibility index (Phi) is 3.57. The average Bonchev–Trinajstić information content (AvgIpc) is 2.05. The number of hydrogen-bond donors (Lipinski definition) is 1. The molecule has 0 aliphatic rings. The third-order valence-electron chi connectivity index (χ3n) is 1.38. The zero-order valence-corrected chi connectivity index (χ0v) is 6.64. The molecule has 0 heterocycles. The molecule has 0 spiro atoms. The first-order valence-corrected chi connectivity index (χ1v) is 3.81. The van der Waals surface area contributed by atoms with Crippen molar-refractivity contribution in [3.05, 3.63) is 30.3 Å². The van der Waals surface area contributed by atoms with Crippen molar-refractivity contribution in [2.75, 3.05) is 6.61 Å². The van der Waals surface area contributed by atoms with Crippen LogP contribution in [0.1, 0.15) is 6.42 Å². The zero-order chi connectivity index (χ0) is 8.81. The summed E-state index contributed by atoms with van der Waals surface area (Å²) in [6.45, 7) is 0.259. The molecule has 12 heavy (non-hydrogen) atoms. The van der Waals surface area contributed by atoms with E-state index in [1.165, 1.54) is 0 Å². The summed E-state index contributed by atoms with van der Waals surface area (Å²) in [7, 11) is 0. The van der Waals surface area contributed by atoms with Gasteiger partial charge in [0.25, 0.3) is 0 Å². The van der Waals surface area contributed by atoms with Crippen molar-refractivity contribution in [3.63, 3.8) is 0 Å². The number of hydrogen-bond acceptors (Lipinski definition) is 2. The number of benzene rings is 1. The molecule has 3 nitrogen and oxygen atoms in total. The van der Waals surface area contributed by atoms with Gasteiger partial charge in [-0.15, -0.1) is 0 Å². The molecule has 1 rings (SSSR count). The fourth-order valence-electron chi connectivity index (χ4n) is 0.794. The van der Waals surface area contributed by atoms with Crippen LogP contribution >= 0.6 is 0 Å². The highest BCUT2D eigenvalue weighted by atomic mass is 16.5. The molecule has 3 heteroatoms. The number of aliphatic hydroxyl groups excluding tert-OH is 1. The molecular weight excluding hydrogens is 156 g/mol. The lowest BCUT2D eigenvalue weighted by Crippen LogP contribution is -2.08. The molecule has 1 unspecified atom stereocenters. The number of para-hydroxylation sites is 1. The molecule has 1 radical (unpaired) electrons. The first-order valence-electron chi connectivity index (χ1n) is 3.81. The number of aliphatic hydroxyl groups is 1. The highest BCUT2D eigenvalue weighted by Gasteiger charge is 1.98. The summed E-state index contributed by atoms with van der Waals surface area (Å²) in [5.74, 6) is 0.721. The van der Waals surface area contributed by atoms with Crippen LogP contribution in [0.5, 0.6) is 5.75 Å². The van der Waals surface area contributed by atoms with Crippen LogP contribution in [0, 0.1) is 0 Å². The van der Waals surface area contributed by atoms with E-state index in [9.17, 15) is 5.11 Å². The molecule has 1 atom stereocenters. The fraction of sp³-hybridized carbons (Fsp3) is 0.333. The Hall–Kier alpha value is -1.06. The van der Waals surface area contributed by atoms with Crippen molar-refractivity contribution in [3.8, 4) is 5.75 Å². The van der Waals surface area contributed by atoms with Crippen molar-refractivity contribution in [1.29, 1.82) is 0 Å². The summed E-state index contributed by atoms with van der Waals surface area (Å²) in [6.07, 6.45) is -1.41. The molecule has 0 amide bonds. The van der Waals surface area contributed by atoms with E-state index in [1.807, 2.05) is 18.2 Å². The van der Waals surface area contributed by atoms with Gasteiger partial charge >= 0.3 is 0 Å². The van der Waals surface area contributed by atoms with Crippen LogP contribution in [0.25, 0.3) is 0 Å². The van der Waals surface area contributed by atoms with Crippen LogP contribution in [-0.2, 0) is 5.11 Å². The van der Waals surface area contributed by atoms with Crippen molar-refractivity contribution in [1.82, 2.24) is 0 Å². The molecule has 1 N–H and O–H groups in total. The van der Waals surface area contributed by atoms with Gasteiger partial charge in [-0.05, 0) is 12.1 Å². The van der Waals surface area contributed by atoms with Gasteiger partial charge in [-0.1, -0.05) is 18.2 Å². The van der Waals surface area contributed by atoms with E-state index in [1.54, 1.807) is 12.1 Å². The molecule has 0 aliphatic carbocycles. The van der Waals surface area contributed by atoms with Gasteiger partial charge in [0.1, 0.15) is 5.75 Å². The molecule has 0 saturated heterocycles. The van der Waals surface area contributed by atoms with Gasteiger partial charge in [0, 0.05) is 6.42 Å². The van der Waals surface area contributed by atoms with Crippen LogP contribution in [0.15, 0.2) is 30.3 Å². The minimum Gasteiger partial charge on any atom is -0.493 e. The third kappa shape index (κ3) is 3.37. The summed E-state index contributed by atoms with van der Waals surface area (Å²) in [4.78, 5) is 0. The normalized spacial score (nSPS) is 10.2. The maximum atomic E-state index is 10.2. The summed E-state index contributed by atoms with van der Waals surface area (Å²) in [6, 6.07) is 9.19. The second kappa shape index (κ2) is 4.74. The van der Waals surface area contributed by atoms with Crippen molar-refractivity contribution in [2.24, 2.45) is 0 Å². The van der Waals surface area contributed by atoms with E-state index >= 15 is 0 Å². The van der Waals surface area contributed by atoms with Gasteiger partial charge in [-0.3, -0.25) is 0 Å². The van der Waals surface area contributed by atoms with Crippen LogP contribution < -0.4 is 4.74 Å². The predicted octanol–water partition coefficient (Wildman–Crippen LogP) is 1.20. The minimum absolute atomic E-state index is 0.120. The van der Waals surface area contributed by atoms with E-state index in [4.69, 9.17) is 9.84 Å². The Bertz CT molecular complexity index is 208. The first-order chi connectivity index (χ1) is 5.79. The lowest BCUT2D eigenvalue weighted by Gasteiger charge is -2.05. The molecule has 0 saturated carbocycles. The maximum absolute atomic E-state index is 10.2. The van der Waals surface area contributed by atoms with Gasteiger partial charge in [0.15, 0.2) is 6.29 Å². The summed E-state index contributed by atoms with van der Waals surface area (Å²) < 4.78 is 5.16. The Morgan fingerprint density at radius 3 is 2.58 bits per heavy atom. The quantitative estimate of drug-likeness (QED) is 0.685. The van der Waals surface area contributed by atoms with Crippen molar-refractivity contribution < 1.29 is 14.9 Å². The molecule has 65 valence electrons. The van der Waals surface area contributed by atoms with Crippen LogP contribution in [0.2, 0.25) is 0 Å². The van der Waals surface area contributed by atoms with Crippen LogP contribution in [-0.4, -0.2) is 18.0 Å². The van der Waals surface area contributed by atoms with Crippen LogP contribution in [0.3, 0.4) is 0 Å². The summed E-state index contributed by atoms with van der Waals surface area (Å²) >= 11 is 0. The Labute approximate surface area is 71.2 Å². The monoisotopic (exact) mass is 167 g/mol. The van der Waals surface area contributed by atoms with Gasteiger partial charge in [0.05, 0.1) is 6.61 Å². The molecular formula is C9H11O3. The Balaban J connectivity index is 2.25. The molecule has 1 aromatic carbocycles. The zero-order valence-electron chi connectivity index (χ0n) is 6.64. The van der Waals surface area contributed by atoms with E-state index in [-0.39, 0.29) is 13.0 Å². The number of ether oxygens (including phenoxy) is 1. The second-order valence-electron chi connectivity index (χ2n) is 2.40. The van der Waals surface area contributed by atoms with E-state index in [0.29, 0.717) is 0 Å². The standard InChI is InChI=1S/C9H11O3/c10-9(11)6-7-12-8-4-2-1-3-5-8/h1-5,9-10H,6-7H2. The minimum atomic E-state index is -1.53. The van der Waals surface area contributed by atoms with Gasteiger partial charge in [0.2, 0.25) is 0 Å². The Morgan fingerprint density at radius 2 is 2.00 bits per heavy atom. The maximum Gasteiger partial charge on any atom is 0.192 e. The topological polar surface area (TPSA) is 49.4 Å². The molecule has 0 aromatic heterocycles. The SMILES string of the molecule is [O]C(O)CCOc1ccccc1. The van der Waals surface area contributed by atoms with Gasteiger partial charge < -0.3 is 9.84 Å². The Morgan fingerprint density at radius 1 is 1.33 bits per heavy atom. The predicted molar refractivity (Wildman–Crippen MR) is 43.2 cm³/mol. The molecule has 0 aliphatic heterocycles. The largest absolute Gasteiger partial charge is 0.493 e. The van der Waals surface area contributed by atoms with Crippen molar-refractivity contribution in [2.45, 2.75) is 12.7 Å². The lowest BCUT2D eigenvalue weighted by atomic mass is 10.3. The highest BCUT2D eigenvalue weighted by molar-refractivity contribution is 5.20. The lowest BCUT2D eigenvalue weighted by molar-refractivity contribution is -0.101. The van der Waals surface area contributed by atoms with E-state index in [0.717, 1.165) is 5.75 Å². The molecule has 0 bridgehead atoms. The van der Waals surface area contributed by atoms with Gasteiger partial charge in [-0.25, -0.2) is 5.11 Å². The first kappa shape index (κ1) is 9.03. The second-order valence-corrected chi connectivity index (χ2v) is 2.40. The van der Waals surface area contributed by atoms with E-state index in [2.05, 4.69) is 0 Å². The fourth-order valence-corrected chi connectivity index (χ4v) is 0.794. The molecule has 1 aromatic rings. The molecule has 0 fully saturated rings. The summed E-state index contributed by atoms with van der Waals surface area (Å²) in [5.41, 5.74) is 0.